The quantitative estimate of drug-likeness (QED) is 0.727. The van der Waals surface area contributed by atoms with Crippen LogP contribution in [0, 0.1) is 0 Å². The van der Waals surface area contributed by atoms with Crippen LogP contribution in [0.15, 0.2) is 47.8 Å². The van der Waals surface area contributed by atoms with Crippen molar-refractivity contribution >= 4 is 38.3 Å². The van der Waals surface area contributed by atoms with Gasteiger partial charge in [-0.1, -0.05) is 17.7 Å². The van der Waals surface area contributed by atoms with Gasteiger partial charge in [0.1, 0.15) is 15.6 Å². The minimum absolute atomic E-state index is 0.0365. The first-order valence-corrected chi connectivity index (χ1v) is 7.49. The van der Waals surface area contributed by atoms with E-state index in [9.17, 15) is 8.42 Å². The Morgan fingerprint density at radius 3 is 2.75 bits per heavy atom. The number of hydrogen-bond donors (Lipinski definition) is 2. The average Bonchev–Trinajstić information content (AvgIpc) is 2.88. The summed E-state index contributed by atoms with van der Waals surface area (Å²) in [6, 6.07) is 8.00. The predicted octanol–water partition coefficient (Wildman–Crippen LogP) is 2.41. The SMILES string of the molecule is O=S(=O)(Nc1cccc2[nH]cnc12)c1ccc(Cl)nc1. The van der Waals surface area contributed by atoms with Gasteiger partial charge in [0.2, 0.25) is 0 Å². The molecule has 6 nitrogen and oxygen atoms in total. The number of rotatable bonds is 3. The number of H-pyrrole nitrogens is 1. The molecule has 0 saturated heterocycles. The molecule has 0 aliphatic heterocycles. The number of para-hydroxylation sites is 1. The normalized spacial score (nSPS) is 11.7. The molecule has 0 unspecified atom stereocenters. The summed E-state index contributed by atoms with van der Waals surface area (Å²) in [5.41, 5.74) is 1.70. The van der Waals surface area contributed by atoms with Crippen LogP contribution in [0.5, 0.6) is 0 Å². The molecule has 20 heavy (non-hydrogen) atoms. The lowest BCUT2D eigenvalue weighted by atomic mass is 10.3. The molecule has 0 saturated carbocycles. The fourth-order valence-corrected chi connectivity index (χ4v) is 2.90. The van der Waals surface area contributed by atoms with Gasteiger partial charge in [-0.05, 0) is 24.3 Å². The fourth-order valence-electron chi connectivity index (χ4n) is 1.77. The van der Waals surface area contributed by atoms with Gasteiger partial charge in [-0.2, -0.15) is 0 Å². The van der Waals surface area contributed by atoms with Gasteiger partial charge in [-0.25, -0.2) is 18.4 Å². The number of pyridine rings is 1. The first kappa shape index (κ1) is 12.9. The number of anilines is 1. The lowest BCUT2D eigenvalue weighted by Gasteiger charge is -2.08. The Balaban J connectivity index is 2.01. The van der Waals surface area contributed by atoms with E-state index in [0.717, 1.165) is 5.52 Å². The second-order valence-electron chi connectivity index (χ2n) is 4.03. The van der Waals surface area contributed by atoms with Gasteiger partial charge in [0.15, 0.2) is 0 Å². The minimum Gasteiger partial charge on any atom is -0.345 e. The third-order valence-electron chi connectivity index (χ3n) is 2.70. The van der Waals surface area contributed by atoms with E-state index in [1.165, 1.54) is 24.7 Å². The van der Waals surface area contributed by atoms with Crippen molar-refractivity contribution < 1.29 is 8.42 Å². The van der Waals surface area contributed by atoms with E-state index in [2.05, 4.69) is 19.7 Å². The van der Waals surface area contributed by atoms with Crippen LogP contribution in [0.2, 0.25) is 5.15 Å². The Labute approximate surface area is 119 Å². The van der Waals surface area contributed by atoms with Gasteiger partial charge in [0, 0.05) is 6.20 Å². The van der Waals surface area contributed by atoms with Crippen molar-refractivity contribution in [3.05, 3.63) is 48.0 Å². The Kier molecular flexibility index (Phi) is 3.07. The van der Waals surface area contributed by atoms with Crippen molar-refractivity contribution in [2.75, 3.05) is 4.72 Å². The highest BCUT2D eigenvalue weighted by Crippen LogP contribution is 2.23. The fraction of sp³-hybridized carbons (Fsp3) is 0. The smallest absolute Gasteiger partial charge is 0.263 e. The van der Waals surface area contributed by atoms with Crippen molar-refractivity contribution in [1.29, 1.82) is 0 Å². The van der Waals surface area contributed by atoms with E-state index >= 15 is 0 Å². The summed E-state index contributed by atoms with van der Waals surface area (Å²) in [6.45, 7) is 0. The number of hydrogen-bond acceptors (Lipinski definition) is 4. The van der Waals surface area contributed by atoms with E-state index in [0.29, 0.717) is 11.2 Å². The molecule has 102 valence electrons. The van der Waals surface area contributed by atoms with Crippen LogP contribution in [0.4, 0.5) is 5.69 Å². The van der Waals surface area contributed by atoms with Gasteiger partial charge in [-0.15, -0.1) is 0 Å². The Bertz CT molecular complexity index is 859. The van der Waals surface area contributed by atoms with Gasteiger partial charge >= 0.3 is 0 Å². The molecular weight excluding hydrogens is 300 g/mol. The van der Waals surface area contributed by atoms with E-state index in [-0.39, 0.29) is 10.0 Å². The second-order valence-corrected chi connectivity index (χ2v) is 6.10. The van der Waals surface area contributed by atoms with Gasteiger partial charge in [0.25, 0.3) is 10.0 Å². The maximum absolute atomic E-state index is 12.2. The zero-order valence-electron chi connectivity index (χ0n) is 10.0. The monoisotopic (exact) mass is 308 g/mol. The highest BCUT2D eigenvalue weighted by Gasteiger charge is 2.16. The van der Waals surface area contributed by atoms with Crippen LogP contribution in [-0.4, -0.2) is 23.4 Å². The number of benzene rings is 1. The summed E-state index contributed by atoms with van der Waals surface area (Å²) in [6.07, 6.45) is 2.71. The maximum Gasteiger partial charge on any atom is 0.263 e. The molecule has 1 aromatic carbocycles. The Hall–Kier alpha value is -2.12. The summed E-state index contributed by atoms with van der Waals surface area (Å²) < 4.78 is 27.0. The summed E-state index contributed by atoms with van der Waals surface area (Å²) in [7, 11) is -3.72. The molecule has 0 atom stereocenters. The van der Waals surface area contributed by atoms with E-state index in [1.54, 1.807) is 12.1 Å². The van der Waals surface area contributed by atoms with Gasteiger partial charge in [-0.3, -0.25) is 4.72 Å². The summed E-state index contributed by atoms with van der Waals surface area (Å²) in [5, 5.41) is 0.235. The van der Waals surface area contributed by atoms with Crippen LogP contribution in [0.1, 0.15) is 0 Å². The highest BCUT2D eigenvalue weighted by molar-refractivity contribution is 7.92. The zero-order valence-corrected chi connectivity index (χ0v) is 11.6. The molecule has 3 aromatic rings. The predicted molar refractivity (Wildman–Crippen MR) is 76.1 cm³/mol. The summed E-state index contributed by atoms with van der Waals surface area (Å²) in [5.74, 6) is 0. The van der Waals surface area contributed by atoms with E-state index < -0.39 is 10.0 Å². The molecule has 3 rings (SSSR count). The number of imidazole rings is 1. The van der Waals surface area contributed by atoms with Crippen molar-refractivity contribution in [3.8, 4) is 0 Å². The third-order valence-corrected chi connectivity index (χ3v) is 4.28. The van der Waals surface area contributed by atoms with Crippen molar-refractivity contribution in [2.24, 2.45) is 0 Å². The van der Waals surface area contributed by atoms with E-state index in [4.69, 9.17) is 11.6 Å². The molecule has 0 radical (unpaired) electrons. The lowest BCUT2D eigenvalue weighted by molar-refractivity contribution is 0.601. The molecule has 0 bridgehead atoms. The first-order chi connectivity index (χ1) is 9.56. The number of aromatic nitrogens is 3. The molecule has 2 N–H and O–H groups in total. The molecule has 0 fully saturated rings. The molecule has 0 amide bonds. The topological polar surface area (TPSA) is 87.7 Å². The van der Waals surface area contributed by atoms with E-state index in [1.807, 2.05) is 6.07 Å². The molecule has 8 heteroatoms. The van der Waals surface area contributed by atoms with Gasteiger partial charge < -0.3 is 4.98 Å². The van der Waals surface area contributed by atoms with Crippen LogP contribution >= 0.6 is 11.6 Å². The number of aromatic amines is 1. The van der Waals surface area contributed by atoms with Crippen LogP contribution in [-0.2, 0) is 10.0 Å². The van der Waals surface area contributed by atoms with Crippen molar-refractivity contribution in [2.45, 2.75) is 4.90 Å². The number of nitrogens with one attached hydrogen (secondary N) is 2. The number of fused-ring (bicyclic) bond motifs is 1. The molecule has 2 heterocycles. The number of nitrogens with zero attached hydrogens (tertiary/aromatic N) is 2. The second kappa shape index (κ2) is 4.77. The maximum atomic E-state index is 12.2. The third kappa shape index (κ3) is 2.33. The van der Waals surface area contributed by atoms with Crippen LogP contribution in [0.25, 0.3) is 11.0 Å². The zero-order chi connectivity index (χ0) is 14.2. The molecule has 0 aliphatic rings. The Morgan fingerprint density at radius 1 is 1.15 bits per heavy atom. The van der Waals surface area contributed by atoms with Crippen molar-refractivity contribution in [3.63, 3.8) is 0 Å². The summed E-state index contributed by atoms with van der Waals surface area (Å²) in [4.78, 5) is 10.8. The first-order valence-electron chi connectivity index (χ1n) is 5.63. The molecular formula is C12H9ClN4O2S. The standard InChI is InChI=1S/C12H9ClN4O2S/c13-11-5-4-8(6-14-11)20(18,19)17-10-3-1-2-9-12(10)16-7-15-9/h1-7,17H,(H,15,16). The molecule has 0 spiro atoms. The largest absolute Gasteiger partial charge is 0.345 e. The highest BCUT2D eigenvalue weighted by atomic mass is 35.5. The van der Waals surface area contributed by atoms with Crippen molar-refractivity contribution in [1.82, 2.24) is 15.0 Å². The number of sulfonamides is 1. The summed E-state index contributed by atoms with van der Waals surface area (Å²) >= 11 is 5.64. The van der Waals surface area contributed by atoms with Gasteiger partial charge in [0.05, 0.1) is 17.5 Å². The molecule has 2 aromatic heterocycles. The van der Waals surface area contributed by atoms with Crippen LogP contribution < -0.4 is 4.72 Å². The Morgan fingerprint density at radius 2 is 2.00 bits per heavy atom. The average molecular weight is 309 g/mol. The van der Waals surface area contributed by atoms with Crippen LogP contribution in [0.3, 0.4) is 0 Å². The minimum atomic E-state index is -3.72. The lowest BCUT2D eigenvalue weighted by Crippen LogP contribution is -2.13. The molecule has 0 aliphatic carbocycles. The number of halogens is 1.